The molecular formula is C10H19NO2. The van der Waals surface area contributed by atoms with Crippen molar-refractivity contribution in [3.05, 3.63) is 0 Å². The Bertz CT molecular complexity index is 178. The van der Waals surface area contributed by atoms with Gasteiger partial charge in [0.2, 0.25) is 5.91 Å². The maximum Gasteiger partial charge on any atom is 0.227 e. The smallest absolute Gasteiger partial charge is 0.227 e. The Hall–Kier alpha value is -0.860. The van der Waals surface area contributed by atoms with Gasteiger partial charge in [-0.05, 0) is 12.8 Å². The lowest BCUT2D eigenvalue weighted by Gasteiger charge is -2.09. The maximum atomic E-state index is 11.4. The summed E-state index contributed by atoms with van der Waals surface area (Å²) >= 11 is 0. The predicted octanol–water partition coefficient (Wildman–Crippen LogP) is 1.65. The number of amides is 1. The number of carbonyl (C=O) groups is 2. The first kappa shape index (κ1) is 12.1. The van der Waals surface area contributed by atoms with E-state index in [-0.39, 0.29) is 5.78 Å². The Labute approximate surface area is 79.7 Å². The summed E-state index contributed by atoms with van der Waals surface area (Å²) in [6.45, 7) is 3.97. The van der Waals surface area contributed by atoms with Crippen LogP contribution in [0.5, 0.6) is 0 Å². The number of carbonyl (C=O) groups excluding carboxylic acids is 2. The monoisotopic (exact) mass is 185 g/mol. The van der Waals surface area contributed by atoms with Gasteiger partial charge in [0.25, 0.3) is 0 Å². The number of rotatable bonds is 7. The van der Waals surface area contributed by atoms with Gasteiger partial charge in [-0.25, -0.2) is 0 Å². The van der Waals surface area contributed by atoms with Crippen molar-refractivity contribution in [1.82, 2.24) is 0 Å². The Morgan fingerprint density at radius 3 is 2.23 bits per heavy atom. The molecule has 3 nitrogen and oxygen atoms in total. The first-order valence-corrected chi connectivity index (χ1v) is 4.95. The molecule has 0 radical (unpaired) electrons. The van der Waals surface area contributed by atoms with Crippen LogP contribution in [0.15, 0.2) is 0 Å². The van der Waals surface area contributed by atoms with Gasteiger partial charge in [-0.1, -0.05) is 26.7 Å². The largest absolute Gasteiger partial charge is 0.369 e. The molecule has 0 rings (SSSR count). The number of unbranched alkanes of at least 4 members (excludes halogenated alkanes) is 1. The van der Waals surface area contributed by atoms with E-state index in [0.717, 1.165) is 19.3 Å². The van der Waals surface area contributed by atoms with E-state index >= 15 is 0 Å². The molecule has 76 valence electrons. The summed E-state index contributed by atoms with van der Waals surface area (Å²) in [5, 5.41) is 0. The van der Waals surface area contributed by atoms with Gasteiger partial charge >= 0.3 is 0 Å². The Balaban J connectivity index is 4.03. The van der Waals surface area contributed by atoms with Gasteiger partial charge in [-0.3, -0.25) is 9.59 Å². The lowest BCUT2D eigenvalue weighted by molar-refractivity contribution is -0.132. The molecule has 1 atom stereocenters. The third kappa shape index (κ3) is 4.65. The molecule has 1 unspecified atom stereocenters. The van der Waals surface area contributed by atoms with Gasteiger partial charge in [0.05, 0.1) is 5.92 Å². The van der Waals surface area contributed by atoms with Crippen molar-refractivity contribution in [3.63, 3.8) is 0 Å². The van der Waals surface area contributed by atoms with Gasteiger partial charge in [0, 0.05) is 6.42 Å². The van der Waals surface area contributed by atoms with Gasteiger partial charge in [-0.15, -0.1) is 0 Å². The third-order valence-corrected chi connectivity index (χ3v) is 2.09. The molecular weight excluding hydrogens is 166 g/mol. The fourth-order valence-corrected chi connectivity index (χ4v) is 1.28. The van der Waals surface area contributed by atoms with E-state index in [1.165, 1.54) is 0 Å². The second-order valence-corrected chi connectivity index (χ2v) is 3.31. The number of nitrogens with two attached hydrogens (primary N) is 1. The van der Waals surface area contributed by atoms with Crippen molar-refractivity contribution in [2.45, 2.75) is 46.0 Å². The van der Waals surface area contributed by atoms with Gasteiger partial charge < -0.3 is 5.73 Å². The number of ketones is 1. The van der Waals surface area contributed by atoms with Gasteiger partial charge in [0.15, 0.2) is 0 Å². The molecule has 0 aromatic heterocycles. The fourth-order valence-electron chi connectivity index (χ4n) is 1.28. The molecule has 0 aliphatic rings. The summed E-state index contributed by atoms with van der Waals surface area (Å²) in [5.41, 5.74) is 5.14. The highest BCUT2D eigenvalue weighted by Crippen LogP contribution is 2.11. The van der Waals surface area contributed by atoms with Crippen LogP contribution in [0, 0.1) is 5.92 Å². The number of Topliss-reactive ketones (excluding diaryl/α,β-unsaturated/α-hetero) is 1. The van der Waals surface area contributed by atoms with E-state index in [4.69, 9.17) is 5.73 Å². The predicted molar refractivity (Wildman–Crippen MR) is 52.1 cm³/mol. The van der Waals surface area contributed by atoms with Crippen LogP contribution in [0.1, 0.15) is 46.0 Å². The topological polar surface area (TPSA) is 60.2 Å². The molecule has 1 amide bonds. The average molecular weight is 185 g/mol. The summed E-state index contributed by atoms with van der Waals surface area (Å²) in [7, 11) is 0. The minimum Gasteiger partial charge on any atom is -0.369 e. The van der Waals surface area contributed by atoms with Crippen LogP contribution in [0.3, 0.4) is 0 Å². The Kier molecular flexibility index (Phi) is 6.20. The minimum absolute atomic E-state index is 0.0104. The van der Waals surface area contributed by atoms with Crippen LogP contribution in [-0.4, -0.2) is 11.7 Å². The van der Waals surface area contributed by atoms with Crippen LogP contribution < -0.4 is 5.73 Å². The van der Waals surface area contributed by atoms with Crippen LogP contribution >= 0.6 is 0 Å². The van der Waals surface area contributed by atoms with E-state index in [1.54, 1.807) is 0 Å². The normalized spacial score (nSPS) is 12.5. The molecule has 3 heteroatoms. The molecule has 0 fully saturated rings. The molecule has 0 aromatic rings. The zero-order chi connectivity index (χ0) is 10.3. The number of hydrogen-bond donors (Lipinski definition) is 1. The second-order valence-electron chi connectivity index (χ2n) is 3.31. The van der Waals surface area contributed by atoms with E-state index in [0.29, 0.717) is 12.8 Å². The van der Waals surface area contributed by atoms with Crippen LogP contribution in [0.25, 0.3) is 0 Å². The van der Waals surface area contributed by atoms with Gasteiger partial charge in [-0.2, -0.15) is 0 Å². The molecule has 0 aromatic carbocycles. The Morgan fingerprint density at radius 2 is 1.85 bits per heavy atom. The van der Waals surface area contributed by atoms with Crippen LogP contribution in [0.4, 0.5) is 0 Å². The third-order valence-electron chi connectivity index (χ3n) is 2.09. The summed E-state index contributed by atoms with van der Waals surface area (Å²) in [6.07, 6.45) is 3.74. The standard InChI is InChI=1S/C10H19NO2/c1-3-5-7-9(12)8(6-4-2)10(11)13/h8H,3-7H2,1-2H3,(H2,11,13). The average Bonchev–Trinajstić information content (AvgIpc) is 2.09. The lowest BCUT2D eigenvalue weighted by Crippen LogP contribution is -2.30. The van der Waals surface area contributed by atoms with Crippen molar-refractivity contribution >= 4 is 11.7 Å². The number of primary amides is 1. The zero-order valence-corrected chi connectivity index (χ0v) is 8.51. The fraction of sp³-hybridized carbons (Fsp3) is 0.800. The van der Waals surface area contributed by atoms with Crippen LogP contribution in [0.2, 0.25) is 0 Å². The minimum atomic E-state index is -0.545. The lowest BCUT2D eigenvalue weighted by atomic mass is 9.94. The summed E-state index contributed by atoms with van der Waals surface area (Å²) in [5.74, 6) is -1.00. The molecule has 0 aliphatic heterocycles. The molecule has 2 N–H and O–H groups in total. The van der Waals surface area contributed by atoms with Crippen molar-refractivity contribution < 1.29 is 9.59 Å². The van der Waals surface area contributed by atoms with Crippen molar-refractivity contribution in [1.29, 1.82) is 0 Å². The summed E-state index contributed by atoms with van der Waals surface area (Å²) < 4.78 is 0. The van der Waals surface area contributed by atoms with Crippen molar-refractivity contribution in [2.24, 2.45) is 11.7 Å². The molecule has 0 saturated carbocycles. The highest BCUT2D eigenvalue weighted by molar-refractivity contribution is 6.00. The first-order valence-electron chi connectivity index (χ1n) is 4.95. The summed E-state index contributed by atoms with van der Waals surface area (Å²) in [6, 6.07) is 0. The Morgan fingerprint density at radius 1 is 1.23 bits per heavy atom. The molecule has 0 aliphatic carbocycles. The molecule has 0 saturated heterocycles. The quantitative estimate of drug-likeness (QED) is 0.613. The summed E-state index contributed by atoms with van der Waals surface area (Å²) in [4.78, 5) is 22.3. The van der Waals surface area contributed by atoms with Crippen LogP contribution in [-0.2, 0) is 9.59 Å². The van der Waals surface area contributed by atoms with Gasteiger partial charge in [0.1, 0.15) is 5.78 Å². The van der Waals surface area contributed by atoms with E-state index in [2.05, 4.69) is 0 Å². The number of hydrogen-bond acceptors (Lipinski definition) is 2. The molecule has 0 spiro atoms. The highest BCUT2D eigenvalue weighted by Gasteiger charge is 2.21. The molecule has 0 bridgehead atoms. The molecule has 0 heterocycles. The SMILES string of the molecule is CCCCC(=O)C(CCC)C(N)=O. The highest BCUT2D eigenvalue weighted by atomic mass is 16.2. The first-order chi connectivity index (χ1) is 6.13. The van der Waals surface area contributed by atoms with Crippen molar-refractivity contribution in [3.8, 4) is 0 Å². The maximum absolute atomic E-state index is 11.4. The molecule has 13 heavy (non-hydrogen) atoms. The van der Waals surface area contributed by atoms with Crippen molar-refractivity contribution in [2.75, 3.05) is 0 Å². The zero-order valence-electron chi connectivity index (χ0n) is 8.51. The van der Waals surface area contributed by atoms with E-state index in [9.17, 15) is 9.59 Å². The second kappa shape index (κ2) is 6.63. The van der Waals surface area contributed by atoms with E-state index in [1.807, 2.05) is 13.8 Å². The van der Waals surface area contributed by atoms with E-state index < -0.39 is 11.8 Å².